The molecule has 1 fully saturated rings. The molecular weight excluding hydrogens is 318 g/mol. The highest BCUT2D eigenvalue weighted by atomic mass is 32.1. The molecule has 2 aliphatic rings. The molecule has 0 bridgehead atoms. The maximum absolute atomic E-state index is 12.3. The van der Waals surface area contributed by atoms with Crippen molar-refractivity contribution in [3.05, 3.63) is 22.8 Å². The normalized spacial score (nSPS) is 16.3. The lowest BCUT2D eigenvalue weighted by molar-refractivity contribution is -0.118. The van der Waals surface area contributed by atoms with Crippen LogP contribution in [0.2, 0.25) is 0 Å². The maximum Gasteiger partial charge on any atom is 0.262 e. The number of hydrogen-bond acceptors (Lipinski definition) is 7. The highest BCUT2D eigenvalue weighted by Gasteiger charge is 2.24. The summed E-state index contributed by atoms with van der Waals surface area (Å²) in [6, 6.07) is 1.53. The van der Waals surface area contributed by atoms with Crippen molar-refractivity contribution >= 4 is 34.0 Å². The maximum atomic E-state index is 12.3. The van der Waals surface area contributed by atoms with Gasteiger partial charge in [-0.25, -0.2) is 4.98 Å². The summed E-state index contributed by atoms with van der Waals surface area (Å²) in [6.07, 6.45) is 4.82. The Hall–Kier alpha value is -2.55. The predicted molar refractivity (Wildman–Crippen MR) is 82.7 cm³/mol. The summed E-state index contributed by atoms with van der Waals surface area (Å²) in [5.41, 5.74) is 0.703. The predicted octanol–water partition coefficient (Wildman–Crippen LogP) is 1.47. The minimum atomic E-state index is -0.353. The van der Waals surface area contributed by atoms with Crippen LogP contribution in [-0.4, -0.2) is 33.6 Å². The van der Waals surface area contributed by atoms with Crippen LogP contribution in [0.1, 0.15) is 28.2 Å². The number of nitrogens with zero attached hydrogens (tertiary/aromatic N) is 3. The molecule has 3 heterocycles. The van der Waals surface area contributed by atoms with Gasteiger partial charge < -0.3 is 10.1 Å². The Morgan fingerprint density at radius 3 is 3.13 bits per heavy atom. The van der Waals surface area contributed by atoms with Gasteiger partial charge in [0.1, 0.15) is 10.7 Å². The Kier molecular flexibility index (Phi) is 3.41. The van der Waals surface area contributed by atoms with E-state index in [1.165, 1.54) is 36.4 Å². The van der Waals surface area contributed by atoms with Gasteiger partial charge in [-0.2, -0.15) is 0 Å². The van der Waals surface area contributed by atoms with Crippen molar-refractivity contribution in [2.24, 2.45) is 5.92 Å². The number of carbonyl (C=O) groups excluding carboxylic acids is 2. The molecule has 0 aromatic carbocycles. The average Bonchev–Trinajstić information content (AvgIpc) is 3.25. The molecule has 0 atom stereocenters. The van der Waals surface area contributed by atoms with Crippen molar-refractivity contribution in [1.29, 1.82) is 0 Å². The molecular formula is C14H13N5O3S. The van der Waals surface area contributed by atoms with Gasteiger partial charge in [0.05, 0.1) is 5.56 Å². The Morgan fingerprint density at radius 1 is 1.43 bits per heavy atom. The summed E-state index contributed by atoms with van der Waals surface area (Å²) >= 11 is 1.38. The molecule has 1 aliphatic carbocycles. The van der Waals surface area contributed by atoms with E-state index >= 15 is 0 Å². The van der Waals surface area contributed by atoms with E-state index in [0.717, 1.165) is 17.3 Å². The molecule has 2 N–H and O–H groups in total. The summed E-state index contributed by atoms with van der Waals surface area (Å²) in [7, 11) is 0. The SMILES string of the molecule is O=C1COc2ncc(C(=O)Nc3nnc(CC4CC4)s3)cc2N1. The van der Waals surface area contributed by atoms with Crippen LogP contribution in [0.15, 0.2) is 12.3 Å². The van der Waals surface area contributed by atoms with Gasteiger partial charge in [-0.15, -0.1) is 10.2 Å². The third-order valence-corrected chi connectivity index (χ3v) is 4.44. The van der Waals surface area contributed by atoms with Gasteiger partial charge in [-0.3, -0.25) is 14.9 Å². The van der Waals surface area contributed by atoms with Crippen LogP contribution in [0, 0.1) is 5.92 Å². The van der Waals surface area contributed by atoms with Crippen molar-refractivity contribution in [3.8, 4) is 5.88 Å². The fourth-order valence-corrected chi connectivity index (χ4v) is 3.08. The van der Waals surface area contributed by atoms with E-state index in [1.54, 1.807) is 0 Å². The topological polar surface area (TPSA) is 106 Å². The smallest absolute Gasteiger partial charge is 0.262 e. The van der Waals surface area contributed by atoms with E-state index in [4.69, 9.17) is 4.74 Å². The highest BCUT2D eigenvalue weighted by molar-refractivity contribution is 7.15. The zero-order valence-corrected chi connectivity index (χ0v) is 12.9. The second-order valence-electron chi connectivity index (χ2n) is 5.52. The first kappa shape index (κ1) is 14.1. The third-order valence-electron chi connectivity index (χ3n) is 3.57. The van der Waals surface area contributed by atoms with Crippen molar-refractivity contribution < 1.29 is 14.3 Å². The Balaban J connectivity index is 1.47. The lowest BCUT2D eigenvalue weighted by atomic mass is 10.2. The van der Waals surface area contributed by atoms with Crippen molar-refractivity contribution in [2.75, 3.05) is 17.2 Å². The van der Waals surface area contributed by atoms with Crippen LogP contribution in [0.3, 0.4) is 0 Å². The van der Waals surface area contributed by atoms with Gasteiger partial charge in [0.15, 0.2) is 6.61 Å². The minimum Gasteiger partial charge on any atom is -0.466 e. The zero-order chi connectivity index (χ0) is 15.8. The summed E-state index contributed by atoms with van der Waals surface area (Å²) < 4.78 is 5.16. The number of nitrogens with one attached hydrogen (secondary N) is 2. The highest BCUT2D eigenvalue weighted by Crippen LogP contribution is 2.34. The van der Waals surface area contributed by atoms with Gasteiger partial charge in [-0.05, 0) is 24.8 Å². The van der Waals surface area contributed by atoms with Gasteiger partial charge in [0.25, 0.3) is 11.8 Å². The lowest BCUT2D eigenvalue weighted by Gasteiger charge is -2.16. The quantitative estimate of drug-likeness (QED) is 0.879. The van der Waals surface area contributed by atoms with Gasteiger partial charge in [-0.1, -0.05) is 11.3 Å². The molecule has 118 valence electrons. The number of rotatable bonds is 4. The molecule has 23 heavy (non-hydrogen) atoms. The zero-order valence-electron chi connectivity index (χ0n) is 12.0. The van der Waals surface area contributed by atoms with Crippen LogP contribution in [-0.2, 0) is 11.2 Å². The van der Waals surface area contributed by atoms with Crippen molar-refractivity contribution in [1.82, 2.24) is 15.2 Å². The second-order valence-corrected chi connectivity index (χ2v) is 6.58. The van der Waals surface area contributed by atoms with Crippen LogP contribution < -0.4 is 15.4 Å². The van der Waals surface area contributed by atoms with E-state index in [0.29, 0.717) is 22.3 Å². The number of anilines is 2. The van der Waals surface area contributed by atoms with E-state index in [2.05, 4.69) is 25.8 Å². The third kappa shape index (κ3) is 3.14. The first-order valence-electron chi connectivity index (χ1n) is 7.24. The molecule has 0 saturated heterocycles. The summed E-state index contributed by atoms with van der Waals surface area (Å²) in [6.45, 7) is -0.0693. The van der Waals surface area contributed by atoms with E-state index in [9.17, 15) is 9.59 Å². The van der Waals surface area contributed by atoms with Gasteiger partial charge >= 0.3 is 0 Å². The molecule has 8 nitrogen and oxygen atoms in total. The fraction of sp³-hybridized carbons (Fsp3) is 0.357. The largest absolute Gasteiger partial charge is 0.466 e. The molecule has 4 rings (SSSR count). The molecule has 1 aliphatic heterocycles. The Bertz CT molecular complexity index is 786. The number of carbonyl (C=O) groups is 2. The van der Waals surface area contributed by atoms with Crippen LogP contribution in [0.25, 0.3) is 0 Å². The molecule has 0 radical (unpaired) electrons. The number of aromatic nitrogens is 3. The van der Waals surface area contributed by atoms with Crippen LogP contribution >= 0.6 is 11.3 Å². The Morgan fingerprint density at radius 2 is 2.30 bits per heavy atom. The number of hydrogen-bond donors (Lipinski definition) is 2. The molecule has 9 heteroatoms. The summed E-state index contributed by atoms with van der Waals surface area (Å²) in [4.78, 5) is 27.6. The molecule has 2 aromatic rings. The van der Waals surface area contributed by atoms with E-state index in [-0.39, 0.29) is 18.4 Å². The number of ether oxygens (including phenoxy) is 1. The average molecular weight is 331 g/mol. The van der Waals surface area contributed by atoms with Gasteiger partial charge in [0.2, 0.25) is 11.0 Å². The number of pyridine rings is 1. The van der Waals surface area contributed by atoms with Crippen LogP contribution in [0.4, 0.5) is 10.8 Å². The fourth-order valence-electron chi connectivity index (χ4n) is 2.23. The van der Waals surface area contributed by atoms with Crippen LogP contribution in [0.5, 0.6) is 5.88 Å². The van der Waals surface area contributed by atoms with E-state index in [1.807, 2.05) is 0 Å². The standard InChI is InChI=1S/C14H13N5O3S/c20-10-6-22-13-9(16-10)4-8(5-15-13)12(21)17-14-19-18-11(23-14)3-7-1-2-7/h4-5,7H,1-3,6H2,(H,16,20)(H,17,19,21). The van der Waals surface area contributed by atoms with Gasteiger partial charge in [0, 0.05) is 12.6 Å². The monoisotopic (exact) mass is 331 g/mol. The molecule has 2 aromatic heterocycles. The first-order valence-corrected chi connectivity index (χ1v) is 8.05. The second kappa shape index (κ2) is 5.58. The number of amides is 2. The molecule has 0 unspecified atom stereocenters. The Labute approximate surface area is 135 Å². The molecule has 2 amide bonds. The minimum absolute atomic E-state index is 0.0693. The molecule has 1 saturated carbocycles. The number of fused-ring (bicyclic) bond motifs is 1. The van der Waals surface area contributed by atoms with Crippen molar-refractivity contribution in [2.45, 2.75) is 19.3 Å². The van der Waals surface area contributed by atoms with Crippen molar-refractivity contribution in [3.63, 3.8) is 0 Å². The molecule has 0 spiro atoms. The summed E-state index contributed by atoms with van der Waals surface area (Å²) in [5.74, 6) is 0.406. The lowest BCUT2D eigenvalue weighted by Crippen LogP contribution is -2.26. The summed E-state index contributed by atoms with van der Waals surface area (Å²) in [5, 5.41) is 14.8. The first-order chi connectivity index (χ1) is 11.2. The van der Waals surface area contributed by atoms with E-state index < -0.39 is 0 Å².